The van der Waals surface area contributed by atoms with Crippen molar-refractivity contribution in [3.8, 4) is 0 Å². The standard InChI is InChI=1S/C17H30N2/c1-5-6-9-12-17(3,14-18)19(4)13-16-11-8-7-10-15(16)2/h7-8,10-11H,5-6,9,12-14,18H2,1-4H3. The minimum atomic E-state index is 0.109. The fourth-order valence-corrected chi connectivity index (χ4v) is 2.44. The van der Waals surface area contributed by atoms with Gasteiger partial charge in [-0.2, -0.15) is 0 Å². The van der Waals surface area contributed by atoms with Gasteiger partial charge in [-0.3, -0.25) is 4.90 Å². The molecule has 2 heteroatoms. The molecule has 0 bridgehead atoms. The van der Waals surface area contributed by atoms with Crippen molar-refractivity contribution in [2.75, 3.05) is 13.6 Å². The molecule has 0 aliphatic rings. The molecule has 2 N–H and O–H groups in total. The lowest BCUT2D eigenvalue weighted by atomic mass is 9.92. The highest BCUT2D eigenvalue weighted by Crippen LogP contribution is 2.23. The van der Waals surface area contributed by atoms with Crippen LogP contribution in [0.2, 0.25) is 0 Å². The molecule has 0 amide bonds. The Kier molecular flexibility index (Phi) is 6.53. The average Bonchev–Trinajstić information content (AvgIpc) is 2.41. The average molecular weight is 262 g/mol. The number of hydrogen-bond donors (Lipinski definition) is 1. The van der Waals surface area contributed by atoms with Crippen LogP contribution in [0.15, 0.2) is 24.3 Å². The van der Waals surface area contributed by atoms with Crippen molar-refractivity contribution in [2.45, 2.75) is 58.5 Å². The van der Waals surface area contributed by atoms with Gasteiger partial charge >= 0.3 is 0 Å². The molecule has 0 aliphatic carbocycles. The lowest BCUT2D eigenvalue weighted by Gasteiger charge is -2.38. The molecular weight excluding hydrogens is 232 g/mol. The second kappa shape index (κ2) is 7.66. The summed E-state index contributed by atoms with van der Waals surface area (Å²) in [7, 11) is 2.20. The van der Waals surface area contributed by atoms with Crippen molar-refractivity contribution in [3.05, 3.63) is 35.4 Å². The van der Waals surface area contributed by atoms with Gasteiger partial charge < -0.3 is 5.73 Å². The lowest BCUT2D eigenvalue weighted by molar-refractivity contribution is 0.122. The molecule has 0 aliphatic heterocycles. The van der Waals surface area contributed by atoms with E-state index in [1.54, 1.807) is 0 Å². The third-order valence-electron chi connectivity index (χ3n) is 4.35. The summed E-state index contributed by atoms with van der Waals surface area (Å²) in [6.07, 6.45) is 5.01. The maximum absolute atomic E-state index is 6.04. The highest BCUT2D eigenvalue weighted by Gasteiger charge is 2.27. The van der Waals surface area contributed by atoms with E-state index in [-0.39, 0.29) is 5.54 Å². The molecule has 2 nitrogen and oxygen atoms in total. The van der Waals surface area contributed by atoms with Crippen LogP contribution in [0.5, 0.6) is 0 Å². The topological polar surface area (TPSA) is 29.3 Å². The fourth-order valence-electron chi connectivity index (χ4n) is 2.44. The molecule has 0 radical (unpaired) electrons. The summed E-state index contributed by atoms with van der Waals surface area (Å²) in [6, 6.07) is 8.62. The summed E-state index contributed by atoms with van der Waals surface area (Å²) >= 11 is 0. The van der Waals surface area contributed by atoms with E-state index in [2.05, 4.69) is 57.0 Å². The van der Waals surface area contributed by atoms with Gasteiger partial charge in [0.2, 0.25) is 0 Å². The minimum absolute atomic E-state index is 0.109. The monoisotopic (exact) mass is 262 g/mol. The summed E-state index contributed by atoms with van der Waals surface area (Å²) in [5, 5.41) is 0. The second-order valence-corrected chi connectivity index (χ2v) is 5.94. The van der Waals surface area contributed by atoms with Crippen LogP contribution < -0.4 is 5.73 Å². The summed E-state index contributed by atoms with van der Waals surface area (Å²) < 4.78 is 0. The zero-order valence-corrected chi connectivity index (χ0v) is 13.1. The first-order valence-electron chi connectivity index (χ1n) is 7.49. The van der Waals surface area contributed by atoms with Crippen molar-refractivity contribution in [1.29, 1.82) is 0 Å². The Hall–Kier alpha value is -0.860. The number of likely N-dealkylation sites (N-methyl/N-ethyl adjacent to an activating group) is 1. The van der Waals surface area contributed by atoms with Crippen LogP contribution in [0.1, 0.15) is 50.7 Å². The zero-order valence-electron chi connectivity index (χ0n) is 13.1. The van der Waals surface area contributed by atoms with Crippen molar-refractivity contribution in [1.82, 2.24) is 4.90 Å². The maximum atomic E-state index is 6.04. The molecule has 0 fully saturated rings. The summed E-state index contributed by atoms with van der Waals surface area (Å²) in [5.41, 5.74) is 8.91. The van der Waals surface area contributed by atoms with E-state index in [1.165, 1.54) is 36.8 Å². The SMILES string of the molecule is CCCCCC(C)(CN)N(C)Cc1ccccc1C. The van der Waals surface area contributed by atoms with Gasteiger partial charge in [-0.1, -0.05) is 50.5 Å². The van der Waals surface area contributed by atoms with Crippen LogP contribution in [-0.4, -0.2) is 24.0 Å². The van der Waals surface area contributed by atoms with E-state index in [4.69, 9.17) is 5.73 Å². The number of aryl methyl sites for hydroxylation is 1. The van der Waals surface area contributed by atoms with Gasteiger partial charge in [0.05, 0.1) is 0 Å². The quantitative estimate of drug-likeness (QED) is 0.723. The third kappa shape index (κ3) is 4.63. The summed E-state index contributed by atoms with van der Waals surface area (Å²) in [4.78, 5) is 2.42. The van der Waals surface area contributed by atoms with Crippen LogP contribution in [0.25, 0.3) is 0 Å². The fraction of sp³-hybridized carbons (Fsp3) is 0.647. The van der Waals surface area contributed by atoms with Crippen molar-refractivity contribution in [3.63, 3.8) is 0 Å². The van der Waals surface area contributed by atoms with E-state index in [9.17, 15) is 0 Å². The van der Waals surface area contributed by atoms with E-state index in [0.29, 0.717) is 0 Å². The molecule has 0 spiro atoms. The van der Waals surface area contributed by atoms with E-state index < -0.39 is 0 Å². The Bertz CT molecular complexity index is 375. The van der Waals surface area contributed by atoms with Gasteiger partial charge in [-0.05, 0) is 38.4 Å². The van der Waals surface area contributed by atoms with E-state index in [1.807, 2.05) is 0 Å². The first-order valence-corrected chi connectivity index (χ1v) is 7.49. The van der Waals surface area contributed by atoms with Crippen molar-refractivity contribution < 1.29 is 0 Å². The second-order valence-electron chi connectivity index (χ2n) is 5.94. The molecule has 0 aromatic heterocycles. The molecule has 108 valence electrons. The predicted molar refractivity (Wildman–Crippen MR) is 84.2 cm³/mol. The Morgan fingerprint density at radius 2 is 1.89 bits per heavy atom. The molecule has 1 aromatic carbocycles. The van der Waals surface area contributed by atoms with Crippen molar-refractivity contribution >= 4 is 0 Å². The van der Waals surface area contributed by atoms with E-state index >= 15 is 0 Å². The van der Waals surface area contributed by atoms with Gasteiger partial charge in [-0.25, -0.2) is 0 Å². The lowest BCUT2D eigenvalue weighted by Crippen LogP contribution is -2.49. The van der Waals surface area contributed by atoms with Gasteiger partial charge in [0.25, 0.3) is 0 Å². The number of nitrogens with zero attached hydrogens (tertiary/aromatic N) is 1. The van der Waals surface area contributed by atoms with Crippen LogP contribution in [0.3, 0.4) is 0 Å². The molecule has 1 rings (SSSR count). The Labute approximate surface area is 119 Å². The molecular formula is C17H30N2. The largest absolute Gasteiger partial charge is 0.329 e. The van der Waals surface area contributed by atoms with Crippen LogP contribution in [-0.2, 0) is 6.54 Å². The van der Waals surface area contributed by atoms with Crippen LogP contribution >= 0.6 is 0 Å². The Balaban J connectivity index is 2.67. The number of unbranched alkanes of at least 4 members (excludes halogenated alkanes) is 2. The molecule has 0 saturated heterocycles. The molecule has 19 heavy (non-hydrogen) atoms. The van der Waals surface area contributed by atoms with Gasteiger partial charge in [0, 0.05) is 18.6 Å². The highest BCUT2D eigenvalue weighted by atomic mass is 15.2. The van der Waals surface area contributed by atoms with Gasteiger partial charge in [-0.15, -0.1) is 0 Å². The molecule has 1 atom stereocenters. The summed E-state index contributed by atoms with van der Waals surface area (Å²) in [6.45, 7) is 8.42. The number of rotatable bonds is 8. The number of nitrogens with two attached hydrogens (primary N) is 1. The first-order chi connectivity index (χ1) is 9.03. The molecule has 0 heterocycles. The maximum Gasteiger partial charge on any atom is 0.0304 e. The van der Waals surface area contributed by atoms with E-state index in [0.717, 1.165) is 13.1 Å². The predicted octanol–water partition coefficient (Wildman–Crippen LogP) is 3.72. The molecule has 1 unspecified atom stereocenters. The van der Waals surface area contributed by atoms with Crippen molar-refractivity contribution in [2.24, 2.45) is 5.73 Å². The van der Waals surface area contributed by atoms with Crippen LogP contribution in [0, 0.1) is 6.92 Å². The minimum Gasteiger partial charge on any atom is -0.329 e. The summed E-state index contributed by atoms with van der Waals surface area (Å²) in [5.74, 6) is 0. The number of hydrogen-bond acceptors (Lipinski definition) is 2. The number of benzene rings is 1. The first kappa shape index (κ1) is 16.2. The van der Waals surface area contributed by atoms with Gasteiger partial charge in [0.1, 0.15) is 0 Å². The Morgan fingerprint density at radius 3 is 2.47 bits per heavy atom. The highest BCUT2D eigenvalue weighted by molar-refractivity contribution is 5.25. The smallest absolute Gasteiger partial charge is 0.0304 e. The zero-order chi connectivity index (χ0) is 14.3. The third-order valence-corrected chi connectivity index (χ3v) is 4.35. The van der Waals surface area contributed by atoms with Crippen LogP contribution in [0.4, 0.5) is 0 Å². The van der Waals surface area contributed by atoms with Gasteiger partial charge in [0.15, 0.2) is 0 Å². The normalized spacial score (nSPS) is 14.6. The molecule has 0 saturated carbocycles. The Morgan fingerprint density at radius 1 is 1.21 bits per heavy atom. The molecule has 1 aromatic rings.